The van der Waals surface area contributed by atoms with E-state index in [1.165, 1.54) is 69.8 Å². The van der Waals surface area contributed by atoms with Crippen molar-refractivity contribution in [2.24, 2.45) is 0 Å². The summed E-state index contributed by atoms with van der Waals surface area (Å²) in [6.07, 6.45) is 16.9. The molecule has 0 aliphatic carbocycles. The lowest BCUT2D eigenvalue weighted by atomic mass is 10.1. The molecule has 0 aliphatic heterocycles. The smallest absolute Gasteiger partial charge is 0.0827 e. The van der Waals surface area contributed by atoms with Crippen molar-refractivity contribution >= 4 is 0 Å². The minimum atomic E-state index is 0.811. The van der Waals surface area contributed by atoms with Gasteiger partial charge in [-0.05, 0) is 18.4 Å². The van der Waals surface area contributed by atoms with E-state index in [0.29, 0.717) is 0 Å². The highest BCUT2D eigenvalue weighted by Crippen LogP contribution is 2.12. The van der Waals surface area contributed by atoms with E-state index < -0.39 is 0 Å². The first-order valence-corrected chi connectivity index (χ1v) is 9.81. The molecule has 0 saturated heterocycles. The number of aromatic nitrogens is 3. The first kappa shape index (κ1) is 18.7. The third-order valence-corrected chi connectivity index (χ3v) is 4.56. The van der Waals surface area contributed by atoms with Crippen LogP contribution in [0.4, 0.5) is 0 Å². The second-order valence-corrected chi connectivity index (χ2v) is 6.83. The third kappa shape index (κ3) is 7.76. The van der Waals surface area contributed by atoms with Gasteiger partial charge in [0.05, 0.1) is 12.2 Å². The molecule has 0 unspecified atom stereocenters. The lowest BCUT2D eigenvalue weighted by Crippen LogP contribution is -1.99. The number of nitrogens with zero attached hydrogens (tertiary/aromatic N) is 3. The van der Waals surface area contributed by atoms with Gasteiger partial charge in [0.15, 0.2) is 0 Å². The van der Waals surface area contributed by atoms with Crippen LogP contribution in [0.15, 0.2) is 36.5 Å². The molecule has 0 spiro atoms. The van der Waals surface area contributed by atoms with Gasteiger partial charge < -0.3 is 0 Å². The molecular formula is C21H33N3. The van der Waals surface area contributed by atoms with Crippen molar-refractivity contribution in [1.82, 2.24) is 15.0 Å². The Morgan fingerprint density at radius 2 is 1.42 bits per heavy atom. The van der Waals surface area contributed by atoms with Crippen molar-refractivity contribution in [2.45, 2.75) is 84.1 Å². The molecule has 0 amide bonds. The molecule has 0 bridgehead atoms. The molecule has 0 N–H and O–H groups in total. The number of rotatable bonds is 13. The molecule has 24 heavy (non-hydrogen) atoms. The molecule has 1 aromatic heterocycles. The maximum atomic E-state index is 4.30. The third-order valence-electron chi connectivity index (χ3n) is 4.56. The van der Waals surface area contributed by atoms with Gasteiger partial charge in [-0.25, -0.2) is 4.68 Å². The summed E-state index contributed by atoms with van der Waals surface area (Å²) in [6.45, 7) is 3.09. The summed E-state index contributed by atoms with van der Waals surface area (Å²) in [6, 6.07) is 10.4. The highest BCUT2D eigenvalue weighted by molar-refractivity contribution is 5.14. The maximum absolute atomic E-state index is 4.30. The second-order valence-electron chi connectivity index (χ2n) is 6.83. The fraction of sp³-hybridized carbons (Fsp3) is 0.619. The van der Waals surface area contributed by atoms with Gasteiger partial charge in [0.2, 0.25) is 0 Å². The van der Waals surface area contributed by atoms with E-state index in [1.807, 2.05) is 10.7 Å². The Bertz CT molecular complexity index is 533. The number of benzene rings is 1. The van der Waals surface area contributed by atoms with Gasteiger partial charge >= 0.3 is 0 Å². The molecule has 0 radical (unpaired) electrons. The second kappa shape index (κ2) is 11.8. The Morgan fingerprint density at radius 1 is 0.792 bits per heavy atom. The van der Waals surface area contributed by atoms with E-state index in [-0.39, 0.29) is 0 Å². The Balaban J connectivity index is 1.51. The predicted octanol–water partition coefficient (Wildman–Crippen LogP) is 5.79. The van der Waals surface area contributed by atoms with Crippen LogP contribution >= 0.6 is 0 Å². The quantitative estimate of drug-likeness (QED) is 0.436. The van der Waals surface area contributed by atoms with E-state index in [0.717, 1.165) is 18.7 Å². The summed E-state index contributed by atoms with van der Waals surface area (Å²) in [7, 11) is 0. The molecular weight excluding hydrogens is 294 g/mol. The first-order valence-electron chi connectivity index (χ1n) is 9.81. The molecule has 2 aromatic rings. The van der Waals surface area contributed by atoms with Gasteiger partial charge in [-0.3, -0.25) is 0 Å². The highest BCUT2D eigenvalue weighted by atomic mass is 15.4. The number of unbranched alkanes of at least 4 members (excludes halogenated alkanes) is 9. The minimum Gasteiger partial charge on any atom is -0.248 e. The first-order chi connectivity index (χ1) is 11.9. The SMILES string of the molecule is CCCCCCCCCCCCc1cn(Cc2ccccc2)nn1. The summed E-state index contributed by atoms with van der Waals surface area (Å²) in [5, 5.41) is 8.54. The lowest BCUT2D eigenvalue weighted by Gasteiger charge is -2.01. The Labute approximate surface area is 147 Å². The topological polar surface area (TPSA) is 30.7 Å². The normalized spacial score (nSPS) is 11.0. The van der Waals surface area contributed by atoms with Gasteiger partial charge in [-0.1, -0.05) is 100 Å². The van der Waals surface area contributed by atoms with E-state index in [2.05, 4.69) is 47.7 Å². The summed E-state index contributed by atoms with van der Waals surface area (Å²) < 4.78 is 1.95. The Hall–Kier alpha value is -1.64. The standard InChI is InChI=1S/C21H33N3/c1-2-3-4-5-6-7-8-9-10-14-17-21-19-24(23-22-21)18-20-15-12-11-13-16-20/h11-13,15-16,19H,2-10,14,17-18H2,1H3. The molecule has 3 heteroatoms. The minimum absolute atomic E-state index is 0.811. The van der Waals surface area contributed by atoms with Crippen LogP contribution in [0.2, 0.25) is 0 Å². The summed E-state index contributed by atoms with van der Waals surface area (Å²) >= 11 is 0. The van der Waals surface area contributed by atoms with E-state index in [1.54, 1.807) is 0 Å². The van der Waals surface area contributed by atoms with Crippen LogP contribution in [-0.4, -0.2) is 15.0 Å². The summed E-state index contributed by atoms with van der Waals surface area (Å²) in [5.41, 5.74) is 2.40. The monoisotopic (exact) mass is 327 g/mol. The number of hydrogen-bond donors (Lipinski definition) is 0. The predicted molar refractivity (Wildman–Crippen MR) is 101 cm³/mol. The Morgan fingerprint density at radius 3 is 2.08 bits per heavy atom. The molecule has 0 fully saturated rings. The summed E-state index contributed by atoms with van der Waals surface area (Å²) in [4.78, 5) is 0. The summed E-state index contributed by atoms with van der Waals surface area (Å²) in [5.74, 6) is 0. The molecule has 1 heterocycles. The molecule has 2 rings (SSSR count). The van der Waals surface area contributed by atoms with Crippen LogP contribution in [0.3, 0.4) is 0 Å². The van der Waals surface area contributed by atoms with Crippen LogP contribution in [-0.2, 0) is 13.0 Å². The van der Waals surface area contributed by atoms with Crippen LogP contribution in [0.5, 0.6) is 0 Å². The van der Waals surface area contributed by atoms with Crippen molar-refractivity contribution in [3.63, 3.8) is 0 Å². The zero-order valence-corrected chi connectivity index (χ0v) is 15.3. The van der Waals surface area contributed by atoms with E-state index in [4.69, 9.17) is 0 Å². The van der Waals surface area contributed by atoms with Crippen molar-refractivity contribution in [3.05, 3.63) is 47.8 Å². The van der Waals surface area contributed by atoms with Crippen LogP contribution in [0.1, 0.15) is 82.4 Å². The van der Waals surface area contributed by atoms with Gasteiger partial charge in [-0.15, -0.1) is 5.10 Å². The van der Waals surface area contributed by atoms with Gasteiger partial charge in [0, 0.05) is 6.20 Å². The highest BCUT2D eigenvalue weighted by Gasteiger charge is 2.01. The molecule has 132 valence electrons. The molecule has 0 aliphatic rings. The van der Waals surface area contributed by atoms with Gasteiger partial charge in [-0.2, -0.15) is 0 Å². The van der Waals surface area contributed by atoms with Crippen molar-refractivity contribution in [3.8, 4) is 0 Å². The van der Waals surface area contributed by atoms with Crippen LogP contribution < -0.4 is 0 Å². The van der Waals surface area contributed by atoms with Gasteiger partial charge in [0.1, 0.15) is 0 Å². The van der Waals surface area contributed by atoms with Gasteiger partial charge in [0.25, 0.3) is 0 Å². The van der Waals surface area contributed by atoms with E-state index in [9.17, 15) is 0 Å². The zero-order valence-electron chi connectivity index (χ0n) is 15.3. The van der Waals surface area contributed by atoms with E-state index >= 15 is 0 Å². The number of aryl methyl sites for hydroxylation is 1. The average Bonchev–Trinajstić information content (AvgIpc) is 3.05. The lowest BCUT2D eigenvalue weighted by molar-refractivity contribution is 0.555. The average molecular weight is 328 g/mol. The van der Waals surface area contributed by atoms with Crippen molar-refractivity contribution in [1.29, 1.82) is 0 Å². The molecule has 1 aromatic carbocycles. The fourth-order valence-electron chi connectivity index (χ4n) is 3.09. The zero-order chi connectivity index (χ0) is 16.9. The molecule has 3 nitrogen and oxygen atoms in total. The maximum Gasteiger partial charge on any atom is 0.0827 e. The van der Waals surface area contributed by atoms with Crippen molar-refractivity contribution in [2.75, 3.05) is 0 Å². The molecule has 0 atom stereocenters. The fourth-order valence-corrected chi connectivity index (χ4v) is 3.09. The van der Waals surface area contributed by atoms with Crippen LogP contribution in [0, 0.1) is 0 Å². The molecule has 0 saturated carbocycles. The largest absolute Gasteiger partial charge is 0.248 e. The Kier molecular flexibility index (Phi) is 9.21. The van der Waals surface area contributed by atoms with Crippen molar-refractivity contribution < 1.29 is 0 Å². The van der Waals surface area contributed by atoms with Crippen LogP contribution in [0.25, 0.3) is 0 Å². The number of hydrogen-bond acceptors (Lipinski definition) is 2.